The van der Waals surface area contributed by atoms with E-state index in [1.54, 1.807) is 10.6 Å². The van der Waals surface area contributed by atoms with Crippen molar-refractivity contribution in [3.63, 3.8) is 0 Å². The van der Waals surface area contributed by atoms with E-state index in [-0.39, 0.29) is 24.1 Å². The summed E-state index contributed by atoms with van der Waals surface area (Å²) in [6.45, 7) is 0.156. The maximum absolute atomic E-state index is 11.9. The van der Waals surface area contributed by atoms with E-state index >= 15 is 0 Å². The predicted molar refractivity (Wildman–Crippen MR) is 57.8 cm³/mol. The fourth-order valence-electron chi connectivity index (χ4n) is 1.22. The van der Waals surface area contributed by atoms with Crippen molar-refractivity contribution in [3.05, 3.63) is 18.7 Å². The molecule has 0 saturated carbocycles. The zero-order chi connectivity index (χ0) is 12.3. The van der Waals surface area contributed by atoms with Gasteiger partial charge >= 0.3 is 5.51 Å². The van der Waals surface area contributed by atoms with Crippen molar-refractivity contribution in [3.8, 4) is 0 Å². The third-order valence-electron chi connectivity index (χ3n) is 1.88. The van der Waals surface area contributed by atoms with Gasteiger partial charge in [0.05, 0.1) is 0 Å². The lowest BCUT2D eigenvalue weighted by atomic mass is 10.6. The molecule has 2 heterocycles. The number of fused-ring (bicyclic) bond motifs is 1. The van der Waals surface area contributed by atoms with Crippen LogP contribution >= 0.6 is 11.8 Å². The van der Waals surface area contributed by atoms with E-state index < -0.39 is 5.51 Å². The fourth-order valence-corrected chi connectivity index (χ4v) is 1.66. The summed E-state index contributed by atoms with van der Waals surface area (Å²) in [6.07, 6.45) is 4.67. The minimum absolute atomic E-state index is 0.0728. The second-order valence-corrected chi connectivity index (χ2v) is 4.22. The first kappa shape index (κ1) is 12.0. The first-order valence-corrected chi connectivity index (χ1v) is 5.64. The summed E-state index contributed by atoms with van der Waals surface area (Å²) in [5.41, 5.74) is -3.71. The Balaban J connectivity index is 1.93. The van der Waals surface area contributed by atoms with Gasteiger partial charge in [-0.05, 0) is 11.8 Å². The summed E-state index contributed by atoms with van der Waals surface area (Å²) in [4.78, 5) is 3.99. The lowest BCUT2D eigenvalue weighted by Crippen LogP contribution is -2.11. The van der Waals surface area contributed by atoms with Crippen molar-refractivity contribution in [2.24, 2.45) is 0 Å². The van der Waals surface area contributed by atoms with Gasteiger partial charge in [0.2, 0.25) is 5.65 Å². The molecule has 0 aliphatic rings. The van der Waals surface area contributed by atoms with Crippen LogP contribution in [0.3, 0.4) is 0 Å². The standard InChI is InChI=1S/C8H8F3N5S/c9-8(10,11)17-4-2-13-6-7-15-14-5-16(7)3-1-12-6/h1,3,5H,2,4H2,(H,12,13). The second kappa shape index (κ2) is 4.78. The molecular formula is C8H8F3N5S. The number of halogens is 3. The molecule has 0 aliphatic carbocycles. The molecule has 2 rings (SSSR count). The van der Waals surface area contributed by atoms with Gasteiger partial charge in [-0.15, -0.1) is 10.2 Å². The van der Waals surface area contributed by atoms with Crippen LogP contribution in [0.2, 0.25) is 0 Å². The third kappa shape index (κ3) is 3.22. The lowest BCUT2D eigenvalue weighted by molar-refractivity contribution is -0.0327. The number of thioether (sulfide) groups is 1. The van der Waals surface area contributed by atoms with Crippen LogP contribution in [0.5, 0.6) is 0 Å². The Labute approximate surface area is 98.4 Å². The van der Waals surface area contributed by atoms with Gasteiger partial charge in [0.25, 0.3) is 0 Å². The van der Waals surface area contributed by atoms with Gasteiger partial charge in [0, 0.05) is 24.7 Å². The maximum Gasteiger partial charge on any atom is 0.441 e. The summed E-state index contributed by atoms with van der Waals surface area (Å²) < 4.78 is 37.3. The molecule has 0 fully saturated rings. The molecule has 92 valence electrons. The van der Waals surface area contributed by atoms with Crippen molar-refractivity contribution in [2.45, 2.75) is 5.51 Å². The van der Waals surface area contributed by atoms with Crippen LogP contribution in [-0.2, 0) is 0 Å². The molecule has 0 unspecified atom stereocenters. The molecule has 0 radical (unpaired) electrons. The predicted octanol–water partition coefficient (Wildman–Crippen LogP) is 1.79. The Hall–Kier alpha value is -1.51. The largest absolute Gasteiger partial charge is 0.441 e. The molecule has 2 aromatic rings. The topological polar surface area (TPSA) is 55.1 Å². The van der Waals surface area contributed by atoms with Crippen LogP contribution in [-0.4, -0.2) is 37.4 Å². The molecule has 0 aliphatic heterocycles. The van der Waals surface area contributed by atoms with Gasteiger partial charge in [-0.25, -0.2) is 4.98 Å². The maximum atomic E-state index is 11.9. The molecule has 9 heteroatoms. The van der Waals surface area contributed by atoms with Crippen molar-refractivity contribution in [1.29, 1.82) is 0 Å². The smallest absolute Gasteiger partial charge is 0.366 e. The summed E-state index contributed by atoms with van der Waals surface area (Å²) in [7, 11) is 0. The Bertz CT molecular complexity index is 497. The number of aromatic nitrogens is 4. The van der Waals surface area contributed by atoms with E-state index in [1.807, 2.05) is 0 Å². The average Bonchev–Trinajstić information content (AvgIpc) is 2.71. The lowest BCUT2D eigenvalue weighted by Gasteiger charge is -2.07. The van der Waals surface area contributed by atoms with Crippen LogP contribution in [0.25, 0.3) is 5.65 Å². The summed E-state index contributed by atoms with van der Waals surface area (Å²) in [6, 6.07) is 0. The number of nitrogens with zero attached hydrogens (tertiary/aromatic N) is 4. The number of alkyl halides is 3. The number of hydrogen-bond acceptors (Lipinski definition) is 5. The molecule has 1 N–H and O–H groups in total. The minimum Gasteiger partial charge on any atom is -0.366 e. The third-order valence-corrected chi connectivity index (χ3v) is 2.61. The van der Waals surface area contributed by atoms with Gasteiger partial charge in [-0.1, -0.05) is 0 Å². The number of nitrogens with one attached hydrogen (secondary N) is 1. The molecule has 2 aromatic heterocycles. The molecule has 0 saturated heterocycles. The SMILES string of the molecule is FC(F)(F)SCCNc1nccn2cnnc12. The highest BCUT2D eigenvalue weighted by Crippen LogP contribution is 2.29. The average molecular weight is 263 g/mol. The van der Waals surface area contributed by atoms with E-state index in [4.69, 9.17) is 0 Å². The molecule has 0 bridgehead atoms. The Morgan fingerprint density at radius 3 is 3.00 bits per heavy atom. The van der Waals surface area contributed by atoms with E-state index in [9.17, 15) is 13.2 Å². The quantitative estimate of drug-likeness (QED) is 0.852. The van der Waals surface area contributed by atoms with Crippen LogP contribution in [0, 0.1) is 0 Å². The van der Waals surface area contributed by atoms with Gasteiger partial charge in [-0.2, -0.15) is 13.2 Å². The first-order valence-electron chi connectivity index (χ1n) is 4.65. The van der Waals surface area contributed by atoms with Crippen LogP contribution < -0.4 is 5.32 Å². The summed E-state index contributed by atoms with van der Waals surface area (Å²) in [5.74, 6) is 0.341. The molecule has 0 atom stereocenters. The zero-order valence-electron chi connectivity index (χ0n) is 8.48. The van der Waals surface area contributed by atoms with Crippen molar-refractivity contribution in [1.82, 2.24) is 19.6 Å². The van der Waals surface area contributed by atoms with Gasteiger partial charge in [0.1, 0.15) is 6.33 Å². The molecule has 0 amide bonds. The van der Waals surface area contributed by atoms with Crippen molar-refractivity contribution < 1.29 is 13.2 Å². The van der Waals surface area contributed by atoms with E-state index in [0.717, 1.165) is 0 Å². The highest BCUT2D eigenvalue weighted by Gasteiger charge is 2.27. The molecule has 17 heavy (non-hydrogen) atoms. The van der Waals surface area contributed by atoms with Crippen LogP contribution in [0.1, 0.15) is 0 Å². The number of rotatable bonds is 4. The highest BCUT2D eigenvalue weighted by molar-refractivity contribution is 8.00. The van der Waals surface area contributed by atoms with E-state index in [2.05, 4.69) is 20.5 Å². The Morgan fingerprint density at radius 2 is 2.24 bits per heavy atom. The van der Waals surface area contributed by atoms with Crippen molar-refractivity contribution in [2.75, 3.05) is 17.6 Å². The van der Waals surface area contributed by atoms with Crippen LogP contribution in [0.15, 0.2) is 18.7 Å². The Morgan fingerprint density at radius 1 is 1.41 bits per heavy atom. The molecular weight excluding hydrogens is 255 g/mol. The van der Waals surface area contributed by atoms with Gasteiger partial charge in [-0.3, -0.25) is 4.40 Å². The molecule has 0 spiro atoms. The molecule has 5 nitrogen and oxygen atoms in total. The number of anilines is 1. The second-order valence-electron chi connectivity index (χ2n) is 3.06. The summed E-state index contributed by atoms with van der Waals surface area (Å²) in [5, 5.41) is 10.3. The Kier molecular flexibility index (Phi) is 3.36. The first-order chi connectivity index (χ1) is 8.06. The van der Waals surface area contributed by atoms with E-state index in [0.29, 0.717) is 11.5 Å². The van der Waals surface area contributed by atoms with Crippen LogP contribution in [0.4, 0.5) is 19.0 Å². The monoisotopic (exact) mass is 263 g/mol. The van der Waals surface area contributed by atoms with E-state index in [1.165, 1.54) is 12.5 Å². The minimum atomic E-state index is -4.20. The number of hydrogen-bond donors (Lipinski definition) is 1. The fraction of sp³-hybridized carbons (Fsp3) is 0.375. The van der Waals surface area contributed by atoms with Gasteiger partial charge < -0.3 is 5.32 Å². The normalized spacial score (nSPS) is 11.9. The molecule has 0 aromatic carbocycles. The summed E-state index contributed by atoms with van der Waals surface area (Å²) >= 11 is -0.0728. The highest BCUT2D eigenvalue weighted by atomic mass is 32.2. The van der Waals surface area contributed by atoms with Crippen molar-refractivity contribution >= 4 is 23.2 Å². The zero-order valence-corrected chi connectivity index (χ0v) is 9.29. The van der Waals surface area contributed by atoms with Gasteiger partial charge in [0.15, 0.2) is 5.82 Å².